The van der Waals surface area contributed by atoms with E-state index >= 15 is 0 Å². The standard InChI is InChI=1S/C16H20N2O/c1-18(2)15-9-6-8-14(11-15)17-12-13-7-4-5-10-16(13)19-3/h4-11,17H,12H2,1-3H3. The van der Waals surface area contributed by atoms with Crippen molar-refractivity contribution < 1.29 is 4.74 Å². The van der Waals surface area contributed by atoms with E-state index in [-0.39, 0.29) is 0 Å². The zero-order valence-electron chi connectivity index (χ0n) is 11.7. The third-order valence-electron chi connectivity index (χ3n) is 3.04. The number of nitrogens with zero attached hydrogens (tertiary/aromatic N) is 1. The first-order chi connectivity index (χ1) is 9.20. The minimum atomic E-state index is 0.751. The lowest BCUT2D eigenvalue weighted by molar-refractivity contribution is 0.410. The van der Waals surface area contributed by atoms with Gasteiger partial charge in [0.25, 0.3) is 0 Å². The van der Waals surface area contributed by atoms with E-state index in [0.29, 0.717) is 0 Å². The average Bonchev–Trinajstić information content (AvgIpc) is 2.45. The predicted molar refractivity (Wildman–Crippen MR) is 81.1 cm³/mol. The van der Waals surface area contributed by atoms with Crippen molar-refractivity contribution in [1.29, 1.82) is 0 Å². The largest absolute Gasteiger partial charge is 0.496 e. The Bertz CT molecular complexity index is 538. The number of rotatable bonds is 5. The van der Waals surface area contributed by atoms with Crippen molar-refractivity contribution in [2.45, 2.75) is 6.54 Å². The Morgan fingerprint density at radius 1 is 1.05 bits per heavy atom. The highest BCUT2D eigenvalue weighted by Gasteiger charge is 2.02. The van der Waals surface area contributed by atoms with E-state index in [2.05, 4.69) is 40.5 Å². The molecule has 0 unspecified atom stereocenters. The number of benzene rings is 2. The maximum atomic E-state index is 5.35. The third kappa shape index (κ3) is 3.41. The summed E-state index contributed by atoms with van der Waals surface area (Å²) in [5, 5.41) is 3.42. The molecule has 1 N–H and O–H groups in total. The van der Waals surface area contributed by atoms with Crippen LogP contribution in [0.3, 0.4) is 0 Å². The fraction of sp³-hybridized carbons (Fsp3) is 0.250. The first-order valence-corrected chi connectivity index (χ1v) is 6.34. The van der Waals surface area contributed by atoms with Crippen molar-refractivity contribution in [2.75, 3.05) is 31.4 Å². The second-order valence-corrected chi connectivity index (χ2v) is 4.61. The van der Waals surface area contributed by atoms with Crippen molar-refractivity contribution in [2.24, 2.45) is 0 Å². The van der Waals surface area contributed by atoms with Gasteiger partial charge in [0.2, 0.25) is 0 Å². The van der Waals surface area contributed by atoms with Crippen LogP contribution >= 0.6 is 0 Å². The van der Waals surface area contributed by atoms with E-state index in [4.69, 9.17) is 4.74 Å². The molecule has 3 nitrogen and oxygen atoms in total. The monoisotopic (exact) mass is 256 g/mol. The molecule has 0 aliphatic carbocycles. The molecule has 2 aromatic rings. The second kappa shape index (κ2) is 6.14. The van der Waals surface area contributed by atoms with Gasteiger partial charge in [-0.15, -0.1) is 0 Å². The van der Waals surface area contributed by atoms with Crippen LogP contribution in [0.5, 0.6) is 5.75 Å². The first kappa shape index (κ1) is 13.3. The van der Waals surface area contributed by atoms with Gasteiger partial charge in [0.15, 0.2) is 0 Å². The Labute approximate surface area is 114 Å². The summed E-state index contributed by atoms with van der Waals surface area (Å²) in [4.78, 5) is 2.09. The van der Waals surface area contributed by atoms with Gasteiger partial charge in [-0.25, -0.2) is 0 Å². The number of methoxy groups -OCH3 is 1. The smallest absolute Gasteiger partial charge is 0.123 e. The molecule has 0 saturated carbocycles. The highest BCUT2D eigenvalue weighted by Crippen LogP contribution is 2.21. The fourth-order valence-corrected chi connectivity index (χ4v) is 1.94. The normalized spacial score (nSPS) is 10.1. The summed E-state index contributed by atoms with van der Waals surface area (Å²) in [6, 6.07) is 16.4. The van der Waals surface area contributed by atoms with Gasteiger partial charge in [0.1, 0.15) is 5.75 Å². The lowest BCUT2D eigenvalue weighted by Crippen LogP contribution is -2.09. The average molecular weight is 256 g/mol. The van der Waals surface area contributed by atoms with Crippen LogP contribution in [0.2, 0.25) is 0 Å². The Morgan fingerprint density at radius 3 is 2.58 bits per heavy atom. The number of nitrogens with one attached hydrogen (secondary N) is 1. The summed E-state index contributed by atoms with van der Waals surface area (Å²) in [7, 11) is 5.78. The second-order valence-electron chi connectivity index (χ2n) is 4.61. The van der Waals surface area contributed by atoms with Gasteiger partial charge >= 0.3 is 0 Å². The van der Waals surface area contributed by atoms with Gasteiger partial charge in [-0.2, -0.15) is 0 Å². The highest BCUT2D eigenvalue weighted by molar-refractivity contribution is 5.57. The zero-order valence-corrected chi connectivity index (χ0v) is 11.7. The lowest BCUT2D eigenvalue weighted by Gasteiger charge is -2.15. The van der Waals surface area contributed by atoms with Crippen LogP contribution in [-0.2, 0) is 6.54 Å². The molecule has 2 aromatic carbocycles. The van der Waals surface area contributed by atoms with Gasteiger partial charge in [-0.3, -0.25) is 0 Å². The maximum absolute atomic E-state index is 5.35. The summed E-state index contributed by atoms with van der Waals surface area (Å²) in [5.41, 5.74) is 3.45. The highest BCUT2D eigenvalue weighted by atomic mass is 16.5. The van der Waals surface area contributed by atoms with Gasteiger partial charge in [0.05, 0.1) is 7.11 Å². The van der Waals surface area contributed by atoms with E-state index < -0.39 is 0 Å². The number of hydrogen-bond donors (Lipinski definition) is 1. The SMILES string of the molecule is COc1ccccc1CNc1cccc(N(C)C)c1. The maximum Gasteiger partial charge on any atom is 0.123 e. The van der Waals surface area contributed by atoms with Gasteiger partial charge < -0.3 is 15.0 Å². The Kier molecular flexibility index (Phi) is 4.29. The molecule has 100 valence electrons. The molecule has 0 atom stereocenters. The van der Waals surface area contributed by atoms with E-state index in [1.54, 1.807) is 7.11 Å². The first-order valence-electron chi connectivity index (χ1n) is 6.34. The van der Waals surface area contributed by atoms with Gasteiger partial charge in [-0.1, -0.05) is 24.3 Å². The van der Waals surface area contributed by atoms with Crippen LogP contribution in [0.15, 0.2) is 48.5 Å². The van der Waals surface area contributed by atoms with Crippen molar-refractivity contribution >= 4 is 11.4 Å². The molecule has 0 aromatic heterocycles. The minimum Gasteiger partial charge on any atom is -0.496 e. The number of anilines is 2. The molecule has 0 heterocycles. The van der Waals surface area contributed by atoms with Gasteiger partial charge in [0, 0.05) is 37.6 Å². The van der Waals surface area contributed by atoms with Crippen molar-refractivity contribution in [3.8, 4) is 5.75 Å². The quantitative estimate of drug-likeness (QED) is 0.887. The molecule has 0 spiro atoms. The van der Waals surface area contributed by atoms with E-state index in [9.17, 15) is 0 Å². The van der Waals surface area contributed by atoms with E-state index in [1.807, 2.05) is 32.3 Å². The molecule has 0 aliphatic heterocycles. The summed E-state index contributed by atoms with van der Waals surface area (Å²) in [5.74, 6) is 0.916. The number of hydrogen-bond acceptors (Lipinski definition) is 3. The molecule has 3 heteroatoms. The van der Waals surface area contributed by atoms with Crippen LogP contribution in [-0.4, -0.2) is 21.2 Å². The predicted octanol–water partition coefficient (Wildman–Crippen LogP) is 3.37. The molecule has 0 bridgehead atoms. The van der Waals surface area contributed by atoms with Crippen molar-refractivity contribution in [1.82, 2.24) is 0 Å². The van der Waals surface area contributed by atoms with E-state index in [0.717, 1.165) is 23.5 Å². The van der Waals surface area contributed by atoms with Crippen molar-refractivity contribution in [3.05, 3.63) is 54.1 Å². The Hall–Kier alpha value is -2.16. The number of para-hydroxylation sites is 1. The number of ether oxygens (including phenoxy) is 1. The summed E-state index contributed by atoms with van der Waals surface area (Å²) in [6.45, 7) is 0.751. The zero-order chi connectivity index (χ0) is 13.7. The van der Waals surface area contributed by atoms with Crippen LogP contribution < -0.4 is 15.0 Å². The molecular weight excluding hydrogens is 236 g/mol. The van der Waals surface area contributed by atoms with Crippen LogP contribution in [0.4, 0.5) is 11.4 Å². The lowest BCUT2D eigenvalue weighted by atomic mass is 10.2. The van der Waals surface area contributed by atoms with Crippen LogP contribution in [0, 0.1) is 0 Å². The molecule has 0 radical (unpaired) electrons. The Morgan fingerprint density at radius 2 is 1.84 bits per heavy atom. The molecule has 0 aliphatic rings. The molecule has 0 fully saturated rings. The van der Waals surface area contributed by atoms with Crippen LogP contribution in [0.25, 0.3) is 0 Å². The minimum absolute atomic E-state index is 0.751. The Balaban J connectivity index is 2.08. The summed E-state index contributed by atoms with van der Waals surface area (Å²) < 4.78 is 5.35. The molecule has 2 rings (SSSR count). The summed E-state index contributed by atoms with van der Waals surface area (Å²) in [6.07, 6.45) is 0. The topological polar surface area (TPSA) is 24.5 Å². The molecule has 0 saturated heterocycles. The van der Waals surface area contributed by atoms with Gasteiger partial charge in [-0.05, 0) is 24.3 Å². The summed E-state index contributed by atoms with van der Waals surface area (Å²) >= 11 is 0. The molecular formula is C16H20N2O. The van der Waals surface area contributed by atoms with E-state index in [1.165, 1.54) is 5.69 Å². The van der Waals surface area contributed by atoms with Crippen LogP contribution in [0.1, 0.15) is 5.56 Å². The molecule has 0 amide bonds. The third-order valence-corrected chi connectivity index (χ3v) is 3.04. The molecule has 19 heavy (non-hydrogen) atoms. The fourth-order valence-electron chi connectivity index (χ4n) is 1.94. The van der Waals surface area contributed by atoms with Crippen molar-refractivity contribution in [3.63, 3.8) is 0 Å².